The lowest BCUT2D eigenvalue weighted by atomic mass is 9.89. The van der Waals surface area contributed by atoms with Gasteiger partial charge in [0.05, 0.1) is 17.0 Å². The quantitative estimate of drug-likeness (QED) is 0.453. The second-order valence-electron chi connectivity index (χ2n) is 8.21. The number of nitrogens with one attached hydrogen (secondary N) is 2. The molecule has 0 aliphatic heterocycles. The Morgan fingerprint density at radius 3 is 2.65 bits per heavy atom. The average Bonchev–Trinajstić information content (AvgIpc) is 3.51. The molecule has 8 heteroatoms. The molecular weight excluding hydrogens is 410 g/mol. The monoisotopic (exact) mass is 439 g/mol. The Bertz CT molecular complexity index is 947. The molecule has 7 nitrogen and oxygen atoms in total. The van der Waals surface area contributed by atoms with E-state index >= 15 is 0 Å². The molecule has 2 aliphatic rings. The minimum Gasteiger partial charge on any atom is -0.349 e. The highest BCUT2D eigenvalue weighted by molar-refractivity contribution is 7.99. The SMILES string of the molecule is C=CCn1c(SCC(=O)Nc2ccccc2C(=O)NC2CC2)nnc1C1CCCCC1. The number of amides is 2. The molecule has 0 atom stereocenters. The minimum atomic E-state index is -0.177. The Kier molecular flexibility index (Phi) is 7.06. The van der Waals surface area contributed by atoms with Crippen molar-refractivity contribution >= 4 is 29.3 Å². The van der Waals surface area contributed by atoms with E-state index in [1.165, 1.54) is 31.0 Å². The zero-order valence-electron chi connectivity index (χ0n) is 17.7. The average molecular weight is 440 g/mol. The Labute approximate surface area is 187 Å². The summed E-state index contributed by atoms with van der Waals surface area (Å²) in [7, 11) is 0. The Balaban J connectivity index is 1.39. The molecule has 2 fully saturated rings. The van der Waals surface area contributed by atoms with Crippen LogP contribution in [0.4, 0.5) is 5.69 Å². The Morgan fingerprint density at radius 1 is 1.13 bits per heavy atom. The highest BCUT2D eigenvalue weighted by atomic mass is 32.2. The number of thioether (sulfide) groups is 1. The molecule has 2 aliphatic carbocycles. The third-order valence-electron chi connectivity index (χ3n) is 5.72. The van der Waals surface area contributed by atoms with Crippen LogP contribution < -0.4 is 10.6 Å². The molecule has 2 N–H and O–H groups in total. The number of carbonyl (C=O) groups is 2. The molecular formula is C23H29N5O2S. The Morgan fingerprint density at radius 2 is 1.90 bits per heavy atom. The van der Waals surface area contributed by atoms with Crippen LogP contribution in [0.5, 0.6) is 0 Å². The van der Waals surface area contributed by atoms with Crippen molar-refractivity contribution in [2.45, 2.75) is 68.6 Å². The predicted molar refractivity (Wildman–Crippen MR) is 122 cm³/mol. The number of nitrogens with zero attached hydrogens (tertiary/aromatic N) is 3. The second-order valence-corrected chi connectivity index (χ2v) is 9.15. The maximum atomic E-state index is 12.6. The fraction of sp³-hybridized carbons (Fsp3) is 0.478. The first-order valence-corrected chi connectivity index (χ1v) is 12.0. The van der Waals surface area contributed by atoms with Gasteiger partial charge < -0.3 is 15.2 Å². The van der Waals surface area contributed by atoms with Gasteiger partial charge in [0.1, 0.15) is 5.82 Å². The minimum absolute atomic E-state index is 0.145. The van der Waals surface area contributed by atoms with Crippen molar-refractivity contribution in [3.8, 4) is 0 Å². The number of benzene rings is 1. The van der Waals surface area contributed by atoms with Gasteiger partial charge in [-0.15, -0.1) is 16.8 Å². The van der Waals surface area contributed by atoms with Crippen molar-refractivity contribution in [1.82, 2.24) is 20.1 Å². The summed E-state index contributed by atoms with van der Waals surface area (Å²) in [6, 6.07) is 7.37. The third kappa shape index (κ3) is 5.55. The van der Waals surface area contributed by atoms with E-state index in [0.717, 1.165) is 36.7 Å². The molecule has 0 radical (unpaired) electrons. The van der Waals surface area contributed by atoms with Crippen molar-refractivity contribution in [1.29, 1.82) is 0 Å². The molecule has 0 unspecified atom stereocenters. The van der Waals surface area contributed by atoms with Crippen molar-refractivity contribution in [2.24, 2.45) is 0 Å². The van der Waals surface area contributed by atoms with Crippen LogP contribution in [0.3, 0.4) is 0 Å². The fourth-order valence-corrected chi connectivity index (χ4v) is 4.72. The Hall–Kier alpha value is -2.61. The van der Waals surface area contributed by atoms with Crippen LogP contribution >= 0.6 is 11.8 Å². The van der Waals surface area contributed by atoms with Gasteiger partial charge >= 0.3 is 0 Å². The molecule has 0 saturated heterocycles. The molecule has 0 bridgehead atoms. The third-order valence-corrected chi connectivity index (χ3v) is 6.68. The van der Waals surface area contributed by atoms with Crippen molar-refractivity contribution in [2.75, 3.05) is 11.1 Å². The molecule has 1 aromatic heterocycles. The highest BCUT2D eigenvalue weighted by Crippen LogP contribution is 2.33. The van der Waals surface area contributed by atoms with Crippen LogP contribution in [0.15, 0.2) is 42.1 Å². The summed E-state index contributed by atoms with van der Waals surface area (Å²) in [6.07, 6.45) is 9.90. The lowest BCUT2D eigenvalue weighted by Gasteiger charge is -2.21. The van der Waals surface area contributed by atoms with Gasteiger partial charge in [-0.2, -0.15) is 0 Å². The van der Waals surface area contributed by atoms with E-state index in [0.29, 0.717) is 23.7 Å². The van der Waals surface area contributed by atoms with E-state index in [4.69, 9.17) is 0 Å². The standard InChI is InChI=1S/C23H29N5O2S/c1-2-14-28-21(16-8-4-3-5-9-16)26-27-23(28)31-15-20(29)25-19-11-7-6-10-18(19)22(30)24-17-12-13-17/h2,6-7,10-11,16-17H,1,3-5,8-9,12-15H2,(H,24,30)(H,25,29). The summed E-state index contributed by atoms with van der Waals surface area (Å²) < 4.78 is 2.08. The normalized spacial score (nSPS) is 16.6. The van der Waals surface area contributed by atoms with Gasteiger partial charge in [-0.3, -0.25) is 9.59 Å². The lowest BCUT2D eigenvalue weighted by molar-refractivity contribution is -0.113. The molecule has 0 spiro atoms. The van der Waals surface area contributed by atoms with E-state index in [1.807, 2.05) is 12.1 Å². The van der Waals surface area contributed by atoms with Gasteiger partial charge in [-0.05, 0) is 37.8 Å². The number of carbonyl (C=O) groups excluding carboxylic acids is 2. The fourth-order valence-electron chi connectivity index (χ4n) is 3.97. The van der Waals surface area contributed by atoms with Crippen LogP contribution in [0.1, 0.15) is 67.0 Å². The lowest BCUT2D eigenvalue weighted by Crippen LogP contribution is -2.27. The van der Waals surface area contributed by atoms with Crippen molar-refractivity contribution in [3.05, 3.63) is 48.3 Å². The number of allylic oxidation sites excluding steroid dienone is 1. The largest absolute Gasteiger partial charge is 0.349 e. The van der Waals surface area contributed by atoms with Gasteiger partial charge in [0.15, 0.2) is 5.16 Å². The number of hydrogen-bond donors (Lipinski definition) is 2. The van der Waals surface area contributed by atoms with Gasteiger partial charge in [-0.25, -0.2) is 0 Å². The zero-order valence-corrected chi connectivity index (χ0v) is 18.5. The summed E-state index contributed by atoms with van der Waals surface area (Å²) in [6.45, 7) is 4.49. The topological polar surface area (TPSA) is 88.9 Å². The number of hydrogen-bond acceptors (Lipinski definition) is 5. The maximum absolute atomic E-state index is 12.6. The molecule has 4 rings (SSSR count). The molecule has 2 amide bonds. The van der Waals surface area contributed by atoms with Crippen LogP contribution in [0.25, 0.3) is 0 Å². The number of anilines is 1. The van der Waals surface area contributed by atoms with E-state index in [-0.39, 0.29) is 23.6 Å². The molecule has 31 heavy (non-hydrogen) atoms. The first-order valence-electron chi connectivity index (χ1n) is 11.0. The van der Waals surface area contributed by atoms with E-state index in [1.54, 1.807) is 18.2 Å². The summed E-state index contributed by atoms with van der Waals surface area (Å²) in [5.41, 5.74) is 1.02. The number of rotatable bonds is 9. The summed E-state index contributed by atoms with van der Waals surface area (Å²) in [5.74, 6) is 1.31. The van der Waals surface area contributed by atoms with Gasteiger partial charge in [0.2, 0.25) is 5.91 Å². The van der Waals surface area contributed by atoms with Crippen LogP contribution in [0, 0.1) is 0 Å². The molecule has 1 aromatic carbocycles. The molecule has 164 valence electrons. The zero-order chi connectivity index (χ0) is 21.6. The van der Waals surface area contributed by atoms with Gasteiger partial charge in [-0.1, -0.05) is 49.2 Å². The summed E-state index contributed by atoms with van der Waals surface area (Å²) >= 11 is 1.36. The summed E-state index contributed by atoms with van der Waals surface area (Å²) in [5, 5.41) is 15.4. The maximum Gasteiger partial charge on any atom is 0.253 e. The van der Waals surface area contributed by atoms with Crippen LogP contribution in [-0.4, -0.2) is 38.4 Å². The number of para-hydroxylation sites is 1. The second kappa shape index (κ2) is 10.1. The van der Waals surface area contributed by atoms with Gasteiger partial charge in [0, 0.05) is 18.5 Å². The van der Waals surface area contributed by atoms with E-state index < -0.39 is 0 Å². The first kappa shape index (κ1) is 21.6. The molecule has 2 saturated carbocycles. The van der Waals surface area contributed by atoms with Gasteiger partial charge in [0.25, 0.3) is 5.91 Å². The van der Waals surface area contributed by atoms with Crippen molar-refractivity contribution < 1.29 is 9.59 Å². The van der Waals surface area contributed by atoms with Crippen LogP contribution in [0.2, 0.25) is 0 Å². The van der Waals surface area contributed by atoms with E-state index in [2.05, 4.69) is 32.0 Å². The predicted octanol–water partition coefficient (Wildman–Crippen LogP) is 4.13. The van der Waals surface area contributed by atoms with E-state index in [9.17, 15) is 9.59 Å². The molecule has 1 heterocycles. The number of aromatic nitrogens is 3. The molecule has 2 aromatic rings. The highest BCUT2D eigenvalue weighted by Gasteiger charge is 2.25. The smallest absolute Gasteiger partial charge is 0.253 e. The first-order chi connectivity index (χ1) is 15.2. The van der Waals surface area contributed by atoms with Crippen LogP contribution in [-0.2, 0) is 11.3 Å². The van der Waals surface area contributed by atoms with Crippen molar-refractivity contribution in [3.63, 3.8) is 0 Å². The summed E-state index contributed by atoms with van der Waals surface area (Å²) in [4.78, 5) is 25.1.